The molecule has 0 saturated carbocycles. The van der Waals surface area contributed by atoms with Gasteiger partial charge in [0.05, 0.1) is 18.7 Å². The number of carbonyl (C=O) groups excluding carboxylic acids is 2. The van der Waals surface area contributed by atoms with Gasteiger partial charge in [-0.1, -0.05) is 30.3 Å². The third-order valence-electron chi connectivity index (χ3n) is 6.09. The summed E-state index contributed by atoms with van der Waals surface area (Å²) >= 11 is 0. The standard InChI is InChI=1S/C22H28N4O2/c27-21(13-17-5-2-1-3-6-17)26-10-4-7-19(15-26)22(28)25-11-8-18(9-12-25)20-14-23-16-24-20/h1-3,5-6,14,16,18-19H,4,7-13,15H2,(H,23,24). The molecule has 2 aromatic rings. The second-order valence-electron chi connectivity index (χ2n) is 7.95. The van der Waals surface area contributed by atoms with E-state index in [0.29, 0.717) is 18.9 Å². The van der Waals surface area contributed by atoms with Crippen LogP contribution in [-0.2, 0) is 16.0 Å². The molecule has 0 bridgehead atoms. The van der Waals surface area contributed by atoms with Gasteiger partial charge in [-0.3, -0.25) is 9.59 Å². The van der Waals surface area contributed by atoms with Gasteiger partial charge in [0, 0.05) is 44.0 Å². The molecular formula is C22H28N4O2. The van der Waals surface area contributed by atoms with Crippen LogP contribution in [0, 0.1) is 5.92 Å². The molecule has 1 unspecified atom stereocenters. The van der Waals surface area contributed by atoms with Crippen LogP contribution in [0.3, 0.4) is 0 Å². The summed E-state index contributed by atoms with van der Waals surface area (Å²) < 4.78 is 0. The monoisotopic (exact) mass is 380 g/mol. The Hall–Kier alpha value is -2.63. The molecule has 1 atom stereocenters. The zero-order valence-electron chi connectivity index (χ0n) is 16.2. The van der Waals surface area contributed by atoms with Crippen molar-refractivity contribution < 1.29 is 9.59 Å². The summed E-state index contributed by atoms with van der Waals surface area (Å²) in [6.07, 6.45) is 7.75. The summed E-state index contributed by atoms with van der Waals surface area (Å²) in [5.74, 6) is 0.751. The van der Waals surface area contributed by atoms with Crippen LogP contribution in [-0.4, -0.2) is 57.8 Å². The van der Waals surface area contributed by atoms with Crippen molar-refractivity contribution in [2.45, 2.75) is 38.0 Å². The molecule has 2 aliphatic heterocycles. The average molecular weight is 380 g/mol. The largest absolute Gasteiger partial charge is 0.348 e. The fraction of sp³-hybridized carbons (Fsp3) is 0.500. The van der Waals surface area contributed by atoms with Crippen LogP contribution in [0.2, 0.25) is 0 Å². The second-order valence-corrected chi connectivity index (χ2v) is 7.95. The number of rotatable bonds is 4. The predicted octanol–water partition coefficient (Wildman–Crippen LogP) is 2.60. The van der Waals surface area contributed by atoms with E-state index in [0.717, 1.165) is 50.9 Å². The molecule has 1 aromatic heterocycles. The molecule has 0 aliphatic carbocycles. The maximum Gasteiger partial charge on any atom is 0.227 e. The molecule has 148 valence electrons. The van der Waals surface area contributed by atoms with Crippen LogP contribution in [0.5, 0.6) is 0 Å². The van der Waals surface area contributed by atoms with Gasteiger partial charge in [-0.2, -0.15) is 0 Å². The van der Waals surface area contributed by atoms with E-state index in [2.05, 4.69) is 9.97 Å². The maximum absolute atomic E-state index is 13.0. The molecule has 4 rings (SSSR count). The zero-order valence-corrected chi connectivity index (χ0v) is 16.2. The summed E-state index contributed by atoms with van der Waals surface area (Å²) in [5, 5.41) is 0. The van der Waals surface area contributed by atoms with E-state index in [1.165, 1.54) is 5.69 Å². The summed E-state index contributed by atoms with van der Waals surface area (Å²) in [4.78, 5) is 36.9. The van der Waals surface area contributed by atoms with Gasteiger partial charge in [0.2, 0.25) is 11.8 Å². The van der Waals surface area contributed by atoms with Crippen molar-refractivity contribution in [2.75, 3.05) is 26.2 Å². The van der Waals surface area contributed by atoms with Gasteiger partial charge < -0.3 is 14.8 Å². The van der Waals surface area contributed by atoms with Gasteiger partial charge in [-0.25, -0.2) is 4.98 Å². The Morgan fingerprint density at radius 3 is 2.54 bits per heavy atom. The molecule has 2 fully saturated rings. The van der Waals surface area contributed by atoms with Crippen molar-refractivity contribution >= 4 is 11.8 Å². The zero-order chi connectivity index (χ0) is 19.3. The van der Waals surface area contributed by atoms with Gasteiger partial charge in [0.25, 0.3) is 0 Å². The first-order chi connectivity index (χ1) is 13.7. The van der Waals surface area contributed by atoms with E-state index >= 15 is 0 Å². The summed E-state index contributed by atoms with van der Waals surface area (Å²) in [6, 6.07) is 9.83. The fourth-order valence-corrected chi connectivity index (χ4v) is 4.45. The minimum Gasteiger partial charge on any atom is -0.348 e. The maximum atomic E-state index is 13.0. The number of hydrogen-bond donors (Lipinski definition) is 1. The van der Waals surface area contributed by atoms with Crippen molar-refractivity contribution in [3.05, 3.63) is 54.1 Å². The number of nitrogens with one attached hydrogen (secondary N) is 1. The van der Waals surface area contributed by atoms with Crippen molar-refractivity contribution in [1.82, 2.24) is 19.8 Å². The van der Waals surface area contributed by atoms with Crippen molar-refractivity contribution in [1.29, 1.82) is 0 Å². The molecule has 3 heterocycles. The number of aromatic amines is 1. The molecule has 0 radical (unpaired) electrons. The Balaban J connectivity index is 1.30. The molecule has 6 heteroatoms. The molecule has 28 heavy (non-hydrogen) atoms. The lowest BCUT2D eigenvalue weighted by atomic mass is 9.91. The van der Waals surface area contributed by atoms with Crippen LogP contribution in [0.1, 0.15) is 42.9 Å². The van der Waals surface area contributed by atoms with Gasteiger partial charge in [-0.15, -0.1) is 0 Å². The van der Waals surface area contributed by atoms with Crippen LogP contribution in [0.15, 0.2) is 42.9 Å². The molecule has 6 nitrogen and oxygen atoms in total. The van der Waals surface area contributed by atoms with Crippen molar-refractivity contribution in [3.63, 3.8) is 0 Å². The number of amides is 2. The first kappa shape index (κ1) is 18.7. The Morgan fingerprint density at radius 2 is 1.82 bits per heavy atom. The third-order valence-corrected chi connectivity index (χ3v) is 6.09. The molecule has 1 N–H and O–H groups in total. The Morgan fingerprint density at radius 1 is 1.04 bits per heavy atom. The number of aromatic nitrogens is 2. The normalized spacial score (nSPS) is 20.9. The number of hydrogen-bond acceptors (Lipinski definition) is 3. The molecule has 1 aromatic carbocycles. The molecule has 2 amide bonds. The Labute approximate surface area is 165 Å². The number of likely N-dealkylation sites (tertiary alicyclic amines) is 2. The number of nitrogens with zero attached hydrogens (tertiary/aromatic N) is 3. The second kappa shape index (κ2) is 8.59. The highest BCUT2D eigenvalue weighted by molar-refractivity contribution is 5.82. The molecule has 0 spiro atoms. The van der Waals surface area contributed by atoms with E-state index in [4.69, 9.17) is 0 Å². The SMILES string of the molecule is O=C(Cc1ccccc1)N1CCCC(C(=O)N2CCC(c3cnc[nH]3)CC2)C1. The smallest absolute Gasteiger partial charge is 0.227 e. The molecule has 2 saturated heterocycles. The quantitative estimate of drug-likeness (QED) is 0.886. The average Bonchev–Trinajstić information content (AvgIpc) is 3.29. The highest BCUT2D eigenvalue weighted by Gasteiger charge is 2.33. The number of imidazole rings is 1. The first-order valence-electron chi connectivity index (χ1n) is 10.3. The number of H-pyrrole nitrogens is 1. The lowest BCUT2D eigenvalue weighted by Gasteiger charge is -2.37. The van der Waals surface area contributed by atoms with E-state index < -0.39 is 0 Å². The van der Waals surface area contributed by atoms with Gasteiger partial charge in [0.1, 0.15) is 0 Å². The van der Waals surface area contributed by atoms with Gasteiger partial charge >= 0.3 is 0 Å². The molecule has 2 aliphatic rings. The first-order valence-corrected chi connectivity index (χ1v) is 10.3. The van der Waals surface area contributed by atoms with Gasteiger partial charge in [0.15, 0.2) is 0 Å². The minimum absolute atomic E-state index is 0.0582. The Kier molecular flexibility index (Phi) is 5.74. The van der Waals surface area contributed by atoms with Crippen LogP contribution < -0.4 is 0 Å². The third kappa shape index (κ3) is 4.26. The highest BCUT2D eigenvalue weighted by atomic mass is 16.2. The predicted molar refractivity (Wildman–Crippen MR) is 107 cm³/mol. The van der Waals surface area contributed by atoms with E-state index in [-0.39, 0.29) is 17.7 Å². The van der Waals surface area contributed by atoms with Crippen LogP contribution in [0.25, 0.3) is 0 Å². The summed E-state index contributed by atoms with van der Waals surface area (Å²) in [7, 11) is 0. The van der Waals surface area contributed by atoms with Crippen LogP contribution >= 0.6 is 0 Å². The fourth-order valence-electron chi connectivity index (χ4n) is 4.45. The van der Waals surface area contributed by atoms with Gasteiger partial charge in [-0.05, 0) is 31.2 Å². The van der Waals surface area contributed by atoms with Crippen LogP contribution in [0.4, 0.5) is 0 Å². The number of carbonyl (C=O) groups is 2. The summed E-state index contributed by atoms with van der Waals surface area (Å²) in [5.41, 5.74) is 2.20. The van der Waals surface area contributed by atoms with Crippen molar-refractivity contribution in [3.8, 4) is 0 Å². The number of piperidine rings is 2. The minimum atomic E-state index is -0.0582. The van der Waals surface area contributed by atoms with E-state index in [9.17, 15) is 9.59 Å². The van der Waals surface area contributed by atoms with E-state index in [1.54, 1.807) is 6.33 Å². The Bertz CT molecular complexity index is 782. The highest BCUT2D eigenvalue weighted by Crippen LogP contribution is 2.28. The lowest BCUT2D eigenvalue weighted by molar-refractivity contribution is -0.141. The van der Waals surface area contributed by atoms with Crippen molar-refractivity contribution in [2.24, 2.45) is 5.92 Å². The number of benzene rings is 1. The summed E-state index contributed by atoms with van der Waals surface area (Å²) in [6.45, 7) is 2.90. The topological polar surface area (TPSA) is 69.3 Å². The lowest BCUT2D eigenvalue weighted by Crippen LogP contribution is -2.48. The van der Waals surface area contributed by atoms with E-state index in [1.807, 2.05) is 46.3 Å². The molecular weight excluding hydrogens is 352 g/mol.